The number of halogens is 2. The van der Waals surface area contributed by atoms with Gasteiger partial charge in [-0.2, -0.15) is 8.78 Å². The number of nitrogens with zero attached hydrogens (tertiary/aromatic N) is 2. The van der Waals surface area contributed by atoms with Crippen LogP contribution in [0.2, 0.25) is 0 Å². The number of alkyl halides is 2. The van der Waals surface area contributed by atoms with Gasteiger partial charge < -0.3 is 5.11 Å². The molecule has 2 rings (SSSR count). The number of amides is 1. The minimum atomic E-state index is -3.80. The van der Waals surface area contributed by atoms with Crippen LogP contribution in [0.1, 0.15) is 37.6 Å². The molecule has 8 heteroatoms. The van der Waals surface area contributed by atoms with Crippen molar-refractivity contribution in [2.45, 2.75) is 50.6 Å². The predicted molar refractivity (Wildman–Crippen MR) is 66.3 cm³/mol. The summed E-state index contributed by atoms with van der Waals surface area (Å²) in [5, 5.41) is 19.8. The number of hydrogen-bond donors (Lipinski definition) is 2. The van der Waals surface area contributed by atoms with E-state index in [0.717, 1.165) is 17.8 Å². The number of rotatable bonds is 5. The molecule has 1 saturated carbocycles. The summed E-state index contributed by atoms with van der Waals surface area (Å²) in [4.78, 5) is 11.6. The predicted octanol–water partition coefficient (Wildman–Crippen LogP) is 1.98. The molecule has 1 aliphatic carbocycles. The summed E-state index contributed by atoms with van der Waals surface area (Å²) >= 11 is 1.07. The average Bonchev–Trinajstić information content (AvgIpc) is 2.73. The maximum absolute atomic E-state index is 13.8. The molecule has 0 aromatic carbocycles. The van der Waals surface area contributed by atoms with Crippen LogP contribution in [0.4, 0.5) is 13.9 Å². The normalized spacial score (nSPS) is 17.9. The smallest absolute Gasteiger partial charge is 0.352 e. The van der Waals surface area contributed by atoms with Crippen LogP contribution in [0, 0.1) is 0 Å². The van der Waals surface area contributed by atoms with Crippen LogP contribution in [0.15, 0.2) is 0 Å². The van der Waals surface area contributed by atoms with Crippen molar-refractivity contribution in [1.82, 2.24) is 10.2 Å². The number of aliphatic hydroxyl groups is 1. The molecule has 0 saturated heterocycles. The van der Waals surface area contributed by atoms with Gasteiger partial charge in [-0.25, -0.2) is 0 Å². The highest BCUT2D eigenvalue weighted by molar-refractivity contribution is 7.15. The fourth-order valence-corrected chi connectivity index (χ4v) is 2.67. The lowest BCUT2D eigenvalue weighted by atomic mass is 9.75. The summed E-state index contributed by atoms with van der Waals surface area (Å²) in [5.41, 5.74) is -2.21. The van der Waals surface area contributed by atoms with E-state index in [0.29, 0.717) is 17.8 Å². The highest BCUT2D eigenvalue weighted by Gasteiger charge is 2.61. The number of hydrogen-bond acceptors (Lipinski definition) is 5. The molecule has 1 heterocycles. The minimum absolute atomic E-state index is 0.0380. The van der Waals surface area contributed by atoms with Crippen molar-refractivity contribution in [1.29, 1.82) is 0 Å². The zero-order valence-electron chi connectivity index (χ0n) is 10.4. The fourth-order valence-electron chi connectivity index (χ4n) is 1.83. The second kappa shape index (κ2) is 5.09. The first-order valence-corrected chi connectivity index (χ1v) is 6.95. The molecule has 0 radical (unpaired) electrons. The summed E-state index contributed by atoms with van der Waals surface area (Å²) in [7, 11) is 0. The molecule has 1 aromatic rings. The zero-order chi connectivity index (χ0) is 14.1. The Morgan fingerprint density at radius 2 is 2.21 bits per heavy atom. The van der Waals surface area contributed by atoms with Crippen LogP contribution in [-0.2, 0) is 11.2 Å². The Kier molecular flexibility index (Phi) is 3.82. The molecule has 19 heavy (non-hydrogen) atoms. The van der Waals surface area contributed by atoms with Crippen LogP contribution in [0.3, 0.4) is 0 Å². The van der Waals surface area contributed by atoms with E-state index in [2.05, 4.69) is 10.2 Å². The molecule has 0 aliphatic heterocycles. The second-order valence-corrected chi connectivity index (χ2v) is 5.73. The van der Waals surface area contributed by atoms with Gasteiger partial charge in [0, 0.05) is 6.42 Å². The van der Waals surface area contributed by atoms with E-state index < -0.39 is 17.4 Å². The van der Waals surface area contributed by atoms with Crippen molar-refractivity contribution < 1.29 is 18.7 Å². The van der Waals surface area contributed by atoms with Gasteiger partial charge in [0.25, 0.3) is 5.91 Å². The quantitative estimate of drug-likeness (QED) is 0.870. The molecular formula is C11H15F2N3O2S. The first kappa shape index (κ1) is 14.3. The van der Waals surface area contributed by atoms with Crippen molar-refractivity contribution in [2.75, 3.05) is 5.32 Å². The fraction of sp³-hybridized carbons (Fsp3) is 0.727. The number of carbonyl (C=O) groups is 1. The molecule has 5 nitrogen and oxygen atoms in total. The van der Waals surface area contributed by atoms with Crippen LogP contribution in [-0.4, -0.2) is 32.7 Å². The number of aromatic nitrogens is 2. The van der Waals surface area contributed by atoms with Crippen LogP contribution < -0.4 is 5.32 Å². The second-order valence-electron chi connectivity index (χ2n) is 4.66. The monoisotopic (exact) mass is 291 g/mol. The van der Waals surface area contributed by atoms with E-state index in [9.17, 15) is 18.7 Å². The van der Waals surface area contributed by atoms with Gasteiger partial charge >= 0.3 is 5.92 Å². The molecule has 1 aromatic heterocycles. The third-order valence-corrected chi connectivity index (χ3v) is 4.10. The van der Waals surface area contributed by atoms with Crippen molar-refractivity contribution >= 4 is 22.4 Å². The van der Waals surface area contributed by atoms with E-state index in [-0.39, 0.29) is 18.0 Å². The summed E-state index contributed by atoms with van der Waals surface area (Å²) in [6, 6.07) is 0. The van der Waals surface area contributed by atoms with Crippen LogP contribution in [0.25, 0.3) is 0 Å². The Hall–Kier alpha value is -1.15. The van der Waals surface area contributed by atoms with Gasteiger partial charge in [-0.1, -0.05) is 18.3 Å². The van der Waals surface area contributed by atoms with Crippen molar-refractivity contribution in [3.63, 3.8) is 0 Å². The van der Waals surface area contributed by atoms with E-state index in [1.54, 1.807) is 0 Å². The van der Waals surface area contributed by atoms with E-state index in [1.165, 1.54) is 0 Å². The van der Waals surface area contributed by atoms with Gasteiger partial charge in [0.2, 0.25) is 5.13 Å². The molecule has 1 fully saturated rings. The van der Waals surface area contributed by atoms with Gasteiger partial charge in [0.1, 0.15) is 10.6 Å². The molecule has 0 atom stereocenters. The number of nitrogens with one attached hydrogen (secondary N) is 1. The summed E-state index contributed by atoms with van der Waals surface area (Å²) in [6.45, 7) is 1.96. The van der Waals surface area contributed by atoms with Gasteiger partial charge in [-0.3, -0.25) is 10.1 Å². The topological polar surface area (TPSA) is 75.1 Å². The largest absolute Gasteiger partial charge is 0.383 e. The maximum atomic E-state index is 13.8. The zero-order valence-corrected chi connectivity index (χ0v) is 11.3. The van der Waals surface area contributed by atoms with Crippen molar-refractivity contribution in [3.05, 3.63) is 5.01 Å². The van der Waals surface area contributed by atoms with Gasteiger partial charge in [0.05, 0.1) is 0 Å². The first-order valence-electron chi connectivity index (χ1n) is 6.13. The van der Waals surface area contributed by atoms with Crippen LogP contribution >= 0.6 is 11.3 Å². The number of carbonyl (C=O) groups excluding carboxylic acids is 1. The average molecular weight is 291 g/mol. The molecule has 0 bridgehead atoms. The Morgan fingerprint density at radius 3 is 2.74 bits per heavy atom. The standard InChI is InChI=1S/C11H15F2N3O2S/c1-2-4-7-15-16-9(19-7)14-8(17)11(12,13)10(18)5-3-6-10/h18H,2-6H2,1H3,(H,14,16,17). The van der Waals surface area contributed by atoms with Crippen molar-refractivity contribution in [2.24, 2.45) is 0 Å². The number of anilines is 1. The summed E-state index contributed by atoms with van der Waals surface area (Å²) < 4.78 is 27.6. The highest BCUT2D eigenvalue weighted by Crippen LogP contribution is 2.44. The first-order chi connectivity index (χ1) is 8.89. The lowest BCUT2D eigenvalue weighted by Crippen LogP contribution is -2.59. The molecule has 1 aliphatic rings. The molecule has 106 valence electrons. The lowest BCUT2D eigenvalue weighted by molar-refractivity contribution is -0.212. The molecule has 0 unspecified atom stereocenters. The molecule has 2 N–H and O–H groups in total. The van der Waals surface area contributed by atoms with Gasteiger partial charge in [0.15, 0.2) is 0 Å². The highest BCUT2D eigenvalue weighted by atomic mass is 32.1. The Morgan fingerprint density at radius 1 is 1.53 bits per heavy atom. The van der Waals surface area contributed by atoms with E-state index in [1.807, 2.05) is 12.2 Å². The summed E-state index contributed by atoms with van der Waals surface area (Å²) in [6.07, 6.45) is 1.92. The van der Waals surface area contributed by atoms with Crippen molar-refractivity contribution in [3.8, 4) is 0 Å². The Labute approximate surface area is 113 Å². The lowest BCUT2D eigenvalue weighted by Gasteiger charge is -2.41. The minimum Gasteiger partial charge on any atom is -0.383 e. The SMILES string of the molecule is CCCc1nnc(NC(=O)C(F)(F)C2(O)CCC2)s1. The third kappa shape index (κ3) is 2.59. The van der Waals surface area contributed by atoms with Gasteiger partial charge in [-0.05, 0) is 25.7 Å². The van der Waals surface area contributed by atoms with Gasteiger partial charge in [-0.15, -0.1) is 10.2 Å². The number of aryl methyl sites for hydroxylation is 1. The Balaban J connectivity index is 2.03. The molecule has 0 spiro atoms. The van der Waals surface area contributed by atoms with E-state index in [4.69, 9.17) is 0 Å². The maximum Gasteiger partial charge on any atom is 0.352 e. The molecular weight excluding hydrogens is 276 g/mol. The summed E-state index contributed by atoms with van der Waals surface area (Å²) in [5.74, 6) is -5.32. The van der Waals surface area contributed by atoms with E-state index >= 15 is 0 Å². The molecule has 1 amide bonds. The Bertz CT molecular complexity index is 474. The third-order valence-electron chi connectivity index (χ3n) is 3.20. The van der Waals surface area contributed by atoms with Crippen LogP contribution in [0.5, 0.6) is 0 Å².